The van der Waals surface area contributed by atoms with E-state index >= 15 is 0 Å². The van der Waals surface area contributed by atoms with Gasteiger partial charge >= 0.3 is 0 Å². The maximum atomic E-state index is 12.6. The summed E-state index contributed by atoms with van der Waals surface area (Å²) in [7, 11) is 0. The van der Waals surface area contributed by atoms with Crippen LogP contribution in [0.25, 0.3) is 0 Å². The van der Waals surface area contributed by atoms with Crippen molar-refractivity contribution in [2.24, 2.45) is 0 Å². The van der Waals surface area contributed by atoms with E-state index in [1.807, 2.05) is 30.3 Å². The van der Waals surface area contributed by atoms with E-state index in [0.717, 1.165) is 19.3 Å². The van der Waals surface area contributed by atoms with Gasteiger partial charge in [-0.25, -0.2) is 0 Å². The Hall–Kier alpha value is -2.18. The molecule has 0 saturated carbocycles. The molecule has 0 aliphatic carbocycles. The summed E-state index contributed by atoms with van der Waals surface area (Å²) in [6, 6.07) is 8.70. The molecule has 0 aliphatic rings. The van der Waals surface area contributed by atoms with Crippen molar-refractivity contribution >= 4 is 17.5 Å². The molecule has 0 bridgehead atoms. The van der Waals surface area contributed by atoms with E-state index in [1.165, 1.54) is 51.4 Å². The van der Waals surface area contributed by atoms with Gasteiger partial charge in [-0.2, -0.15) is 0 Å². The van der Waals surface area contributed by atoms with Gasteiger partial charge in [-0.1, -0.05) is 89.1 Å². The minimum Gasteiger partial charge on any atom is -0.378 e. The Kier molecular flexibility index (Phi) is 18.6. The molecule has 2 amide bonds. The number of unbranched alkanes of at least 4 members (excludes halogenated alkanes) is 9. The van der Waals surface area contributed by atoms with Gasteiger partial charge in [-0.15, -0.1) is 0 Å². The third-order valence-electron chi connectivity index (χ3n) is 6.06. The van der Waals surface area contributed by atoms with Gasteiger partial charge in [0.05, 0.1) is 0 Å². The van der Waals surface area contributed by atoms with Crippen molar-refractivity contribution in [2.45, 2.75) is 116 Å². The number of amides is 2. The summed E-state index contributed by atoms with van der Waals surface area (Å²) in [4.78, 5) is 24.5. The number of aliphatic hydroxyl groups excluding tert-OH is 1. The lowest BCUT2D eigenvalue weighted by atomic mass is 10.1. The number of carbonyl (C=O) groups is 2. The summed E-state index contributed by atoms with van der Waals surface area (Å²) in [6.45, 7) is 4.69. The summed E-state index contributed by atoms with van der Waals surface area (Å²) in [5.74, 6) is -0.335. The van der Waals surface area contributed by atoms with Gasteiger partial charge in [-0.05, 0) is 50.8 Å². The molecule has 0 spiro atoms. The number of benzene rings is 1. The number of para-hydroxylation sites is 1. The Labute approximate surface area is 213 Å². The highest BCUT2D eigenvalue weighted by atomic mass is 16.3. The van der Waals surface area contributed by atoms with Crippen LogP contribution in [0.15, 0.2) is 42.5 Å². The average Bonchev–Trinajstić information content (AvgIpc) is 2.86. The number of aliphatic hydroxyl groups is 1. The molecule has 0 aromatic heterocycles. The van der Waals surface area contributed by atoms with E-state index in [1.54, 1.807) is 6.92 Å². The van der Waals surface area contributed by atoms with Gasteiger partial charge < -0.3 is 15.7 Å². The largest absolute Gasteiger partial charge is 0.378 e. The van der Waals surface area contributed by atoms with Crippen molar-refractivity contribution in [1.29, 1.82) is 0 Å². The number of anilines is 1. The lowest BCUT2D eigenvalue weighted by Gasteiger charge is -2.18. The number of nitrogens with one attached hydrogen (secondary N) is 3. The second-order valence-corrected chi connectivity index (χ2v) is 9.27. The Bertz CT molecular complexity index is 694. The van der Waals surface area contributed by atoms with E-state index < -0.39 is 12.3 Å². The summed E-state index contributed by atoms with van der Waals surface area (Å²) in [5, 5.41) is 18.9. The first-order chi connectivity index (χ1) is 17.1. The number of hydrogen-bond acceptors (Lipinski definition) is 4. The third kappa shape index (κ3) is 17.0. The van der Waals surface area contributed by atoms with Gasteiger partial charge in [0.25, 0.3) is 0 Å². The van der Waals surface area contributed by atoms with Gasteiger partial charge in [0, 0.05) is 18.5 Å². The molecule has 2 atom stereocenters. The maximum Gasteiger partial charge on any atom is 0.246 e. The van der Waals surface area contributed by atoms with Gasteiger partial charge in [0.1, 0.15) is 12.3 Å². The predicted octanol–water partition coefficient (Wildman–Crippen LogP) is 6.08. The van der Waals surface area contributed by atoms with Crippen LogP contribution in [0.1, 0.15) is 104 Å². The molecule has 1 unspecified atom stereocenters. The summed E-state index contributed by atoms with van der Waals surface area (Å²) in [6.07, 6.45) is 18.5. The van der Waals surface area contributed by atoms with Crippen molar-refractivity contribution in [3.8, 4) is 0 Å². The lowest BCUT2D eigenvalue weighted by molar-refractivity contribution is -0.126. The molecule has 0 fully saturated rings. The molecular weight excluding hydrogens is 438 g/mol. The molecule has 0 radical (unpaired) electrons. The van der Waals surface area contributed by atoms with Crippen molar-refractivity contribution in [2.75, 3.05) is 11.9 Å². The van der Waals surface area contributed by atoms with E-state index in [9.17, 15) is 14.7 Å². The van der Waals surface area contributed by atoms with Crippen LogP contribution < -0.4 is 16.0 Å². The first-order valence-corrected chi connectivity index (χ1v) is 13.8. The summed E-state index contributed by atoms with van der Waals surface area (Å²) >= 11 is 0. The van der Waals surface area contributed by atoms with Crippen LogP contribution >= 0.6 is 0 Å². The van der Waals surface area contributed by atoms with Crippen molar-refractivity contribution in [3.63, 3.8) is 0 Å². The zero-order chi connectivity index (χ0) is 25.6. The van der Waals surface area contributed by atoms with E-state index in [2.05, 4.69) is 35.0 Å². The SMILES string of the molecule is CCCCCCCCCC/C=C/CC(O)NCCCC[C@H](NC(=O)CC)C(=O)Nc1ccccc1. The Balaban J connectivity index is 2.15. The minimum atomic E-state index is -0.563. The fraction of sp³-hybridized carbons (Fsp3) is 0.655. The molecular formula is C29H49N3O3. The van der Waals surface area contributed by atoms with Crippen LogP contribution in [0.2, 0.25) is 0 Å². The molecule has 4 N–H and O–H groups in total. The Morgan fingerprint density at radius 2 is 1.57 bits per heavy atom. The van der Waals surface area contributed by atoms with Crippen LogP contribution in [0, 0.1) is 0 Å². The molecule has 0 saturated heterocycles. The highest BCUT2D eigenvalue weighted by molar-refractivity contribution is 5.97. The fourth-order valence-electron chi connectivity index (χ4n) is 3.88. The summed E-state index contributed by atoms with van der Waals surface area (Å²) < 4.78 is 0. The zero-order valence-electron chi connectivity index (χ0n) is 22.1. The topological polar surface area (TPSA) is 90.5 Å². The highest BCUT2D eigenvalue weighted by Gasteiger charge is 2.19. The quantitative estimate of drug-likeness (QED) is 0.0961. The average molecular weight is 488 g/mol. The second kappa shape index (κ2) is 21.1. The van der Waals surface area contributed by atoms with Crippen LogP contribution in [0.3, 0.4) is 0 Å². The van der Waals surface area contributed by atoms with Gasteiger partial charge in [-0.3, -0.25) is 14.9 Å². The van der Waals surface area contributed by atoms with Crippen LogP contribution in [-0.2, 0) is 9.59 Å². The smallest absolute Gasteiger partial charge is 0.246 e. The fourth-order valence-corrected chi connectivity index (χ4v) is 3.88. The van der Waals surface area contributed by atoms with Crippen molar-refractivity contribution < 1.29 is 14.7 Å². The Morgan fingerprint density at radius 1 is 0.886 bits per heavy atom. The molecule has 6 heteroatoms. The number of allylic oxidation sites excluding steroid dienone is 1. The molecule has 0 aliphatic heterocycles. The van der Waals surface area contributed by atoms with E-state index in [-0.39, 0.29) is 11.8 Å². The molecule has 198 valence electrons. The second-order valence-electron chi connectivity index (χ2n) is 9.27. The Morgan fingerprint density at radius 3 is 2.26 bits per heavy atom. The first-order valence-electron chi connectivity index (χ1n) is 13.8. The van der Waals surface area contributed by atoms with Crippen LogP contribution in [-0.4, -0.2) is 35.7 Å². The highest BCUT2D eigenvalue weighted by Crippen LogP contribution is 2.11. The normalized spacial score (nSPS) is 13.0. The standard InChI is InChI=1S/C29H49N3O3/c1-3-5-6-7-8-9-10-11-12-13-17-23-28(34)30-24-19-18-22-26(32-27(33)4-2)29(35)31-25-20-15-14-16-21-25/h13-17,20-21,26,28,30,34H,3-12,18-19,22-24H2,1-2H3,(H,31,35)(H,32,33)/b17-13+/t26-,28?/m0/s1. The van der Waals surface area contributed by atoms with Crippen LogP contribution in [0.4, 0.5) is 5.69 Å². The zero-order valence-corrected chi connectivity index (χ0v) is 22.1. The van der Waals surface area contributed by atoms with Gasteiger partial charge in [0.2, 0.25) is 11.8 Å². The van der Waals surface area contributed by atoms with Gasteiger partial charge in [0.15, 0.2) is 0 Å². The molecule has 1 aromatic rings. The maximum absolute atomic E-state index is 12.6. The molecule has 6 nitrogen and oxygen atoms in total. The lowest BCUT2D eigenvalue weighted by Crippen LogP contribution is -2.43. The monoisotopic (exact) mass is 487 g/mol. The van der Waals surface area contributed by atoms with Crippen molar-refractivity contribution in [1.82, 2.24) is 10.6 Å². The van der Waals surface area contributed by atoms with Crippen LogP contribution in [0.5, 0.6) is 0 Å². The molecule has 1 rings (SSSR count). The summed E-state index contributed by atoms with van der Waals surface area (Å²) in [5.41, 5.74) is 0.716. The predicted molar refractivity (Wildman–Crippen MR) is 146 cm³/mol. The van der Waals surface area contributed by atoms with E-state index in [0.29, 0.717) is 31.5 Å². The molecule has 35 heavy (non-hydrogen) atoms. The number of carbonyl (C=O) groups excluding carboxylic acids is 2. The third-order valence-corrected chi connectivity index (χ3v) is 6.06. The first kappa shape index (κ1) is 30.9. The number of rotatable bonds is 21. The molecule has 0 heterocycles. The number of hydrogen-bond donors (Lipinski definition) is 4. The van der Waals surface area contributed by atoms with Crippen molar-refractivity contribution in [3.05, 3.63) is 42.5 Å². The molecule has 1 aromatic carbocycles. The van der Waals surface area contributed by atoms with E-state index in [4.69, 9.17) is 0 Å². The minimum absolute atomic E-state index is 0.134.